The Hall–Kier alpha value is -2.43. The molecule has 0 bridgehead atoms. The first-order valence-electron chi connectivity index (χ1n) is 7.56. The van der Waals surface area contributed by atoms with Crippen LogP contribution >= 0.6 is 0 Å². The van der Waals surface area contributed by atoms with Crippen molar-refractivity contribution in [2.45, 2.75) is 20.3 Å². The summed E-state index contributed by atoms with van der Waals surface area (Å²) in [6.07, 6.45) is 4.24. The van der Waals surface area contributed by atoms with Crippen LogP contribution in [-0.2, 0) is 6.42 Å². The minimum absolute atomic E-state index is 0.620. The number of nitrogens with zero attached hydrogens (tertiary/aromatic N) is 1. The lowest BCUT2D eigenvalue weighted by molar-refractivity contribution is 0.287. The molecule has 3 N–H and O–H groups in total. The Kier molecular flexibility index (Phi) is 5.89. The van der Waals surface area contributed by atoms with Crippen molar-refractivity contribution in [3.05, 3.63) is 42.2 Å². The number of ether oxygens (including phenoxy) is 2. The van der Waals surface area contributed by atoms with Gasteiger partial charge in [-0.1, -0.05) is 6.07 Å². The van der Waals surface area contributed by atoms with Gasteiger partial charge in [-0.15, -0.1) is 0 Å². The van der Waals surface area contributed by atoms with Crippen LogP contribution in [0.1, 0.15) is 19.4 Å². The minimum Gasteiger partial charge on any atom is -0.490 e. The van der Waals surface area contributed by atoms with Crippen LogP contribution in [0.2, 0.25) is 0 Å². The molecule has 1 aromatic carbocycles. The lowest BCUT2D eigenvalue weighted by Crippen LogP contribution is -2.07. The van der Waals surface area contributed by atoms with Crippen LogP contribution in [0.25, 0.3) is 0 Å². The minimum atomic E-state index is 0.620. The molecule has 0 radical (unpaired) electrons. The van der Waals surface area contributed by atoms with E-state index in [0.29, 0.717) is 18.9 Å². The van der Waals surface area contributed by atoms with Gasteiger partial charge in [0.15, 0.2) is 11.5 Å². The third-order valence-corrected chi connectivity index (χ3v) is 3.19. The van der Waals surface area contributed by atoms with Gasteiger partial charge in [0.1, 0.15) is 0 Å². The predicted molar refractivity (Wildman–Crippen MR) is 89.6 cm³/mol. The van der Waals surface area contributed by atoms with Crippen LogP contribution in [0.3, 0.4) is 0 Å². The van der Waals surface area contributed by atoms with E-state index in [2.05, 4.69) is 16.4 Å². The molecule has 1 heterocycles. The quantitative estimate of drug-likeness (QED) is 0.784. The lowest BCUT2D eigenvalue weighted by atomic mass is 10.1. The van der Waals surface area contributed by atoms with Gasteiger partial charge in [0, 0.05) is 12.7 Å². The Balaban J connectivity index is 1.97. The van der Waals surface area contributed by atoms with Gasteiger partial charge in [-0.3, -0.25) is 4.98 Å². The highest BCUT2D eigenvalue weighted by Crippen LogP contribution is 2.28. The van der Waals surface area contributed by atoms with Crippen LogP contribution in [0.4, 0.5) is 11.4 Å². The second-order valence-corrected chi connectivity index (χ2v) is 4.79. The number of anilines is 2. The zero-order valence-electron chi connectivity index (χ0n) is 13.1. The molecule has 0 aliphatic rings. The predicted octanol–water partition coefficient (Wildman–Crippen LogP) is 3.12. The molecule has 0 fully saturated rings. The van der Waals surface area contributed by atoms with E-state index >= 15 is 0 Å². The summed E-state index contributed by atoms with van der Waals surface area (Å²) in [6.45, 7) is 5.97. The number of rotatable bonds is 8. The smallest absolute Gasteiger partial charge is 0.161 e. The third kappa shape index (κ3) is 4.28. The molecule has 0 aliphatic carbocycles. The van der Waals surface area contributed by atoms with Crippen molar-refractivity contribution in [3.8, 4) is 11.5 Å². The van der Waals surface area contributed by atoms with Crippen LogP contribution in [0.15, 0.2) is 36.7 Å². The molecule has 0 aliphatic heterocycles. The van der Waals surface area contributed by atoms with E-state index in [9.17, 15) is 0 Å². The first-order chi connectivity index (χ1) is 10.7. The van der Waals surface area contributed by atoms with Crippen molar-refractivity contribution in [2.75, 3.05) is 30.8 Å². The fourth-order valence-corrected chi connectivity index (χ4v) is 2.16. The maximum Gasteiger partial charge on any atom is 0.161 e. The summed E-state index contributed by atoms with van der Waals surface area (Å²) in [4.78, 5) is 3.97. The van der Waals surface area contributed by atoms with Crippen LogP contribution in [0.5, 0.6) is 11.5 Å². The maximum absolute atomic E-state index is 5.86. The first-order valence-corrected chi connectivity index (χ1v) is 7.56. The SMILES string of the molecule is CCOc1ccc(CCNc2ccncc2N)cc1OCC. The molecule has 5 nitrogen and oxygen atoms in total. The molecule has 2 aromatic rings. The zero-order valence-corrected chi connectivity index (χ0v) is 13.1. The van der Waals surface area contributed by atoms with E-state index in [-0.39, 0.29) is 0 Å². The molecule has 2 rings (SSSR count). The van der Waals surface area contributed by atoms with E-state index in [4.69, 9.17) is 15.2 Å². The Labute approximate surface area is 131 Å². The number of nitrogens with one attached hydrogen (secondary N) is 1. The van der Waals surface area contributed by atoms with E-state index < -0.39 is 0 Å². The van der Waals surface area contributed by atoms with Crippen molar-refractivity contribution >= 4 is 11.4 Å². The second kappa shape index (κ2) is 8.12. The molecule has 0 amide bonds. The highest BCUT2D eigenvalue weighted by Gasteiger charge is 2.06. The fraction of sp³-hybridized carbons (Fsp3) is 0.353. The monoisotopic (exact) mass is 301 g/mol. The molecule has 118 valence electrons. The molecule has 1 aromatic heterocycles. The van der Waals surface area contributed by atoms with Crippen LogP contribution in [0, 0.1) is 0 Å². The molecular formula is C17H23N3O2. The summed E-state index contributed by atoms with van der Waals surface area (Å²) < 4.78 is 11.2. The van der Waals surface area contributed by atoms with Gasteiger partial charge < -0.3 is 20.5 Å². The standard InChI is InChI=1S/C17H23N3O2/c1-3-21-16-6-5-13(11-17(16)22-4-2)7-10-20-15-8-9-19-12-14(15)18/h5-6,8-9,11-12H,3-4,7,10,18H2,1-2H3,(H,19,20). The average Bonchev–Trinajstić information content (AvgIpc) is 2.52. The summed E-state index contributed by atoms with van der Waals surface area (Å²) >= 11 is 0. The van der Waals surface area contributed by atoms with Crippen molar-refractivity contribution < 1.29 is 9.47 Å². The molecule has 0 unspecified atom stereocenters. The molecule has 0 spiro atoms. The third-order valence-electron chi connectivity index (χ3n) is 3.19. The highest BCUT2D eigenvalue weighted by atomic mass is 16.5. The number of nitrogens with two attached hydrogens (primary N) is 1. The number of benzene rings is 1. The summed E-state index contributed by atoms with van der Waals surface area (Å²) in [6, 6.07) is 7.93. The Morgan fingerprint density at radius 1 is 1.09 bits per heavy atom. The zero-order chi connectivity index (χ0) is 15.8. The molecule has 0 atom stereocenters. The number of nitrogen functional groups attached to an aromatic ring is 1. The summed E-state index contributed by atoms with van der Waals surface area (Å²) in [5, 5.41) is 3.32. The topological polar surface area (TPSA) is 69.4 Å². The van der Waals surface area contributed by atoms with Gasteiger partial charge >= 0.3 is 0 Å². The lowest BCUT2D eigenvalue weighted by Gasteiger charge is -2.13. The molecule has 5 heteroatoms. The van der Waals surface area contributed by atoms with Crippen molar-refractivity contribution in [3.63, 3.8) is 0 Å². The Morgan fingerprint density at radius 3 is 2.59 bits per heavy atom. The molecular weight excluding hydrogens is 278 g/mol. The van der Waals surface area contributed by atoms with Gasteiger partial charge in [-0.25, -0.2) is 0 Å². The second-order valence-electron chi connectivity index (χ2n) is 4.79. The van der Waals surface area contributed by atoms with Crippen LogP contribution < -0.4 is 20.5 Å². The van der Waals surface area contributed by atoms with Crippen molar-refractivity contribution in [1.82, 2.24) is 4.98 Å². The number of hydrogen-bond acceptors (Lipinski definition) is 5. The van der Waals surface area contributed by atoms with Gasteiger partial charge in [0.25, 0.3) is 0 Å². The summed E-state index contributed by atoms with van der Waals surface area (Å²) in [7, 11) is 0. The van der Waals surface area contributed by atoms with E-state index in [1.807, 2.05) is 32.0 Å². The van der Waals surface area contributed by atoms with E-state index in [1.54, 1.807) is 12.4 Å². The van der Waals surface area contributed by atoms with E-state index in [1.165, 1.54) is 5.56 Å². The number of aromatic nitrogens is 1. The molecule has 0 saturated heterocycles. The number of hydrogen-bond donors (Lipinski definition) is 2. The van der Waals surface area contributed by atoms with Gasteiger partial charge in [-0.2, -0.15) is 0 Å². The number of pyridine rings is 1. The van der Waals surface area contributed by atoms with Crippen LogP contribution in [-0.4, -0.2) is 24.7 Å². The fourth-order valence-electron chi connectivity index (χ4n) is 2.16. The Bertz CT molecular complexity index is 602. The molecule has 0 saturated carbocycles. The highest BCUT2D eigenvalue weighted by molar-refractivity contribution is 5.64. The van der Waals surface area contributed by atoms with E-state index in [0.717, 1.165) is 30.2 Å². The van der Waals surface area contributed by atoms with Gasteiger partial charge in [0.2, 0.25) is 0 Å². The van der Waals surface area contributed by atoms with Gasteiger partial charge in [-0.05, 0) is 44.0 Å². The maximum atomic E-state index is 5.86. The first kappa shape index (κ1) is 15.9. The van der Waals surface area contributed by atoms with Crippen molar-refractivity contribution in [2.24, 2.45) is 0 Å². The molecule has 22 heavy (non-hydrogen) atoms. The summed E-state index contributed by atoms with van der Waals surface area (Å²) in [5.74, 6) is 1.59. The van der Waals surface area contributed by atoms with Crippen molar-refractivity contribution in [1.29, 1.82) is 0 Å². The Morgan fingerprint density at radius 2 is 1.86 bits per heavy atom. The van der Waals surface area contributed by atoms with Gasteiger partial charge in [0.05, 0.1) is 30.8 Å². The summed E-state index contributed by atoms with van der Waals surface area (Å²) in [5.41, 5.74) is 8.61. The average molecular weight is 301 g/mol. The normalized spacial score (nSPS) is 10.3. The largest absolute Gasteiger partial charge is 0.490 e.